The molecule has 0 radical (unpaired) electrons. The Kier molecular flexibility index (Phi) is 7.78. The van der Waals surface area contributed by atoms with Gasteiger partial charge >= 0.3 is 6.09 Å². The highest BCUT2D eigenvalue weighted by molar-refractivity contribution is 6.35. The fourth-order valence-electron chi connectivity index (χ4n) is 4.29. The number of rotatable bonds is 5. The third kappa shape index (κ3) is 6.43. The maximum Gasteiger partial charge on any atom is 0.408 e. The lowest BCUT2D eigenvalue weighted by Crippen LogP contribution is -2.54. The number of nitrogens with one attached hydrogen (secondary N) is 1. The van der Waals surface area contributed by atoms with Gasteiger partial charge in [-0.25, -0.2) is 9.78 Å². The van der Waals surface area contributed by atoms with Crippen molar-refractivity contribution in [2.75, 3.05) is 38.2 Å². The minimum absolute atomic E-state index is 0.114. The fourth-order valence-corrected chi connectivity index (χ4v) is 4.55. The summed E-state index contributed by atoms with van der Waals surface area (Å²) in [5, 5.41) is 4.15. The van der Waals surface area contributed by atoms with Crippen LogP contribution < -0.4 is 15.0 Å². The molecule has 4 rings (SSSR count). The number of halogens is 1. The van der Waals surface area contributed by atoms with Crippen LogP contribution in [0, 0.1) is 0 Å². The number of carbonyl (C=O) groups excluding carboxylic acids is 2. The van der Waals surface area contributed by atoms with Gasteiger partial charge in [-0.3, -0.25) is 4.79 Å². The molecule has 0 saturated carbocycles. The Morgan fingerprint density at radius 1 is 1.03 bits per heavy atom. The number of fused-ring (bicyclic) bond motifs is 1. The number of anilines is 1. The molecule has 8 nitrogen and oxygen atoms in total. The zero-order valence-electron chi connectivity index (χ0n) is 21.9. The highest BCUT2D eigenvalue weighted by Gasteiger charge is 2.27. The Labute approximate surface area is 222 Å². The number of hydrogen-bond acceptors (Lipinski definition) is 6. The van der Waals surface area contributed by atoms with Crippen molar-refractivity contribution in [2.24, 2.45) is 0 Å². The highest BCUT2D eigenvalue weighted by atomic mass is 35.5. The van der Waals surface area contributed by atoms with Gasteiger partial charge in [0.25, 0.3) is 0 Å². The quantitative estimate of drug-likeness (QED) is 0.498. The molecule has 1 aliphatic heterocycles. The lowest BCUT2D eigenvalue weighted by molar-refractivity contribution is -0.133. The zero-order valence-corrected chi connectivity index (χ0v) is 22.6. The third-order valence-electron chi connectivity index (χ3n) is 6.19. The number of methoxy groups -OCH3 is 1. The molecule has 1 N–H and O–H groups in total. The standard InChI is InChI=1S/C28H33ClN4O4/c1-18(30-27(35)37-28(2,3)4)26(34)33-14-12-32(13-15-33)20-8-6-19(7-9-20)24-17-23(29)22-11-10-21(36-5)16-25(22)31-24/h6-11,16-18H,12-15H2,1-5H3,(H,30,35). The molecule has 0 aliphatic carbocycles. The molecular formula is C28H33ClN4O4. The Morgan fingerprint density at radius 3 is 2.32 bits per heavy atom. The van der Waals surface area contributed by atoms with E-state index in [2.05, 4.69) is 22.3 Å². The number of ether oxygens (including phenoxy) is 2. The largest absolute Gasteiger partial charge is 0.497 e. The van der Waals surface area contributed by atoms with Gasteiger partial charge in [-0.05, 0) is 58.0 Å². The van der Waals surface area contributed by atoms with Gasteiger partial charge in [-0.1, -0.05) is 23.7 Å². The molecule has 1 atom stereocenters. The van der Waals surface area contributed by atoms with Crippen LogP contribution in [0.3, 0.4) is 0 Å². The van der Waals surface area contributed by atoms with E-state index in [0.717, 1.165) is 33.6 Å². The molecular weight excluding hydrogens is 492 g/mol. The monoisotopic (exact) mass is 524 g/mol. The molecule has 0 spiro atoms. The minimum Gasteiger partial charge on any atom is -0.497 e. The van der Waals surface area contributed by atoms with E-state index in [4.69, 9.17) is 26.1 Å². The molecule has 9 heteroatoms. The summed E-state index contributed by atoms with van der Waals surface area (Å²) in [4.78, 5) is 33.6. The summed E-state index contributed by atoms with van der Waals surface area (Å²) in [6.07, 6.45) is -0.589. The Morgan fingerprint density at radius 2 is 1.70 bits per heavy atom. The van der Waals surface area contributed by atoms with Crippen LogP contribution in [0.4, 0.5) is 10.5 Å². The number of amides is 2. The molecule has 1 saturated heterocycles. The number of aromatic nitrogens is 1. The first-order chi connectivity index (χ1) is 17.5. The van der Waals surface area contributed by atoms with Crippen LogP contribution in [0.2, 0.25) is 5.02 Å². The number of benzene rings is 2. The van der Waals surface area contributed by atoms with Crippen LogP contribution in [-0.4, -0.2) is 66.8 Å². The Bertz CT molecular complexity index is 1280. The van der Waals surface area contributed by atoms with Gasteiger partial charge in [0.1, 0.15) is 17.4 Å². The molecule has 1 aromatic heterocycles. The van der Waals surface area contributed by atoms with E-state index in [1.165, 1.54) is 0 Å². The molecule has 2 aromatic carbocycles. The second-order valence-electron chi connectivity index (χ2n) is 10.1. The summed E-state index contributed by atoms with van der Waals surface area (Å²) < 4.78 is 10.6. The second-order valence-corrected chi connectivity index (χ2v) is 10.5. The molecule has 3 aromatic rings. The van der Waals surface area contributed by atoms with E-state index < -0.39 is 17.7 Å². The van der Waals surface area contributed by atoms with E-state index in [1.54, 1.807) is 39.7 Å². The minimum atomic E-state index is -0.651. The summed E-state index contributed by atoms with van der Waals surface area (Å²) in [5.74, 6) is 0.618. The summed E-state index contributed by atoms with van der Waals surface area (Å²) in [5.41, 5.74) is 3.00. The summed E-state index contributed by atoms with van der Waals surface area (Å²) in [6.45, 7) is 9.59. The van der Waals surface area contributed by atoms with Crippen molar-refractivity contribution in [2.45, 2.75) is 39.3 Å². The molecule has 0 bridgehead atoms. The van der Waals surface area contributed by atoms with E-state index in [0.29, 0.717) is 31.2 Å². The van der Waals surface area contributed by atoms with Gasteiger partial charge in [0.15, 0.2) is 0 Å². The smallest absolute Gasteiger partial charge is 0.408 e. The molecule has 196 valence electrons. The first-order valence-corrected chi connectivity index (χ1v) is 12.7. The predicted octanol–water partition coefficient (Wildman–Crippen LogP) is 5.13. The number of nitrogens with zero attached hydrogens (tertiary/aromatic N) is 3. The molecule has 1 unspecified atom stereocenters. The van der Waals surface area contributed by atoms with Gasteiger partial charge in [0.2, 0.25) is 5.91 Å². The number of alkyl carbamates (subject to hydrolysis) is 1. The van der Waals surface area contributed by atoms with Gasteiger partial charge in [-0.15, -0.1) is 0 Å². The van der Waals surface area contributed by atoms with Gasteiger partial charge < -0.3 is 24.6 Å². The maximum absolute atomic E-state index is 12.8. The summed E-state index contributed by atoms with van der Waals surface area (Å²) in [6, 6.07) is 15.1. The second kappa shape index (κ2) is 10.8. The predicted molar refractivity (Wildman–Crippen MR) is 146 cm³/mol. The van der Waals surface area contributed by atoms with Gasteiger partial charge in [-0.2, -0.15) is 0 Å². The number of hydrogen-bond donors (Lipinski definition) is 1. The number of carbonyl (C=O) groups is 2. The van der Waals surface area contributed by atoms with Crippen molar-refractivity contribution in [3.63, 3.8) is 0 Å². The molecule has 2 heterocycles. The summed E-state index contributed by atoms with van der Waals surface area (Å²) in [7, 11) is 1.63. The average Bonchev–Trinajstić information content (AvgIpc) is 2.86. The third-order valence-corrected chi connectivity index (χ3v) is 6.50. The van der Waals surface area contributed by atoms with Crippen molar-refractivity contribution in [1.82, 2.24) is 15.2 Å². The molecule has 1 fully saturated rings. The normalized spacial score (nSPS) is 14.9. The highest BCUT2D eigenvalue weighted by Crippen LogP contribution is 2.31. The molecule has 2 amide bonds. The van der Waals surface area contributed by atoms with Crippen LogP contribution in [-0.2, 0) is 9.53 Å². The van der Waals surface area contributed by atoms with Gasteiger partial charge in [0, 0.05) is 48.9 Å². The number of pyridine rings is 1. The van der Waals surface area contributed by atoms with Crippen LogP contribution >= 0.6 is 11.6 Å². The molecule has 1 aliphatic rings. The van der Waals surface area contributed by atoms with Crippen molar-refractivity contribution in [3.05, 3.63) is 53.6 Å². The van der Waals surface area contributed by atoms with Crippen LogP contribution in [0.5, 0.6) is 5.75 Å². The number of piperazine rings is 1. The first-order valence-electron chi connectivity index (χ1n) is 12.3. The lowest BCUT2D eigenvalue weighted by atomic mass is 10.1. The Balaban J connectivity index is 1.37. The SMILES string of the molecule is COc1ccc2c(Cl)cc(-c3ccc(N4CCN(C(=O)C(C)NC(=O)OC(C)(C)C)CC4)cc3)nc2c1. The van der Waals surface area contributed by atoms with E-state index in [9.17, 15) is 9.59 Å². The van der Waals surface area contributed by atoms with E-state index in [-0.39, 0.29) is 5.91 Å². The molecule has 37 heavy (non-hydrogen) atoms. The van der Waals surface area contributed by atoms with Crippen molar-refractivity contribution in [3.8, 4) is 17.0 Å². The average molecular weight is 525 g/mol. The zero-order chi connectivity index (χ0) is 26.7. The van der Waals surface area contributed by atoms with Crippen molar-refractivity contribution in [1.29, 1.82) is 0 Å². The van der Waals surface area contributed by atoms with Crippen LogP contribution in [0.25, 0.3) is 22.2 Å². The van der Waals surface area contributed by atoms with Crippen LogP contribution in [0.1, 0.15) is 27.7 Å². The van der Waals surface area contributed by atoms with E-state index >= 15 is 0 Å². The van der Waals surface area contributed by atoms with Crippen molar-refractivity contribution >= 4 is 40.2 Å². The lowest BCUT2D eigenvalue weighted by Gasteiger charge is -2.37. The Hall–Kier alpha value is -3.52. The van der Waals surface area contributed by atoms with Gasteiger partial charge in [0.05, 0.1) is 23.3 Å². The maximum atomic E-state index is 12.8. The van der Waals surface area contributed by atoms with E-state index in [1.807, 2.05) is 36.4 Å². The first kappa shape index (κ1) is 26.5. The topological polar surface area (TPSA) is 84.0 Å². The van der Waals surface area contributed by atoms with Crippen LogP contribution in [0.15, 0.2) is 48.5 Å². The van der Waals surface area contributed by atoms with Crippen molar-refractivity contribution < 1.29 is 19.1 Å². The summed E-state index contributed by atoms with van der Waals surface area (Å²) >= 11 is 6.53. The fraction of sp³-hybridized carbons (Fsp3) is 0.393.